The minimum atomic E-state index is -1.24. The lowest BCUT2D eigenvalue weighted by molar-refractivity contribution is 0.0526. The van der Waals surface area contributed by atoms with E-state index >= 15 is 0 Å². The zero-order valence-electron chi connectivity index (χ0n) is 15.5. The highest BCUT2D eigenvalue weighted by Crippen LogP contribution is 2.37. The van der Waals surface area contributed by atoms with Crippen molar-refractivity contribution in [3.8, 4) is 11.3 Å². The molecule has 0 bridgehead atoms. The first kappa shape index (κ1) is 18.9. The summed E-state index contributed by atoms with van der Waals surface area (Å²) in [4.78, 5) is 17.3. The van der Waals surface area contributed by atoms with Crippen LogP contribution in [0.1, 0.15) is 6.92 Å². The largest absolute Gasteiger partial charge is 0.375 e. The van der Waals surface area contributed by atoms with Crippen LogP contribution >= 0.6 is 11.3 Å². The first-order valence-electron chi connectivity index (χ1n) is 8.71. The lowest BCUT2D eigenvalue weighted by Gasteiger charge is -2.31. The summed E-state index contributed by atoms with van der Waals surface area (Å²) in [6, 6.07) is 1.36. The number of morpholine rings is 1. The Morgan fingerprint density at radius 1 is 1.11 bits per heavy atom. The molecule has 1 atom stereocenters. The Labute approximate surface area is 163 Å². The summed E-state index contributed by atoms with van der Waals surface area (Å²) in [7, 11) is 3.65. The molecule has 1 saturated heterocycles. The van der Waals surface area contributed by atoms with E-state index in [1.54, 1.807) is 4.90 Å². The number of benzene rings is 1. The van der Waals surface area contributed by atoms with Crippen molar-refractivity contribution < 1.29 is 17.9 Å². The zero-order valence-corrected chi connectivity index (χ0v) is 16.4. The average Bonchev–Trinajstić information content (AvgIpc) is 3.08. The van der Waals surface area contributed by atoms with E-state index in [2.05, 4.69) is 15.0 Å². The van der Waals surface area contributed by atoms with E-state index < -0.39 is 17.5 Å². The number of hydrogen-bond donors (Lipinski definition) is 0. The number of hydrogen-bond acceptors (Lipinski definition) is 7. The van der Waals surface area contributed by atoms with Crippen LogP contribution in [0.2, 0.25) is 0 Å². The summed E-state index contributed by atoms with van der Waals surface area (Å²) in [5.74, 6) is -2.91. The van der Waals surface area contributed by atoms with Gasteiger partial charge in [-0.3, -0.25) is 0 Å². The van der Waals surface area contributed by atoms with E-state index in [1.165, 1.54) is 11.3 Å². The molecule has 0 aliphatic carbocycles. The number of thiazole rings is 1. The molecule has 4 rings (SSSR count). The van der Waals surface area contributed by atoms with Gasteiger partial charge in [-0.05, 0) is 13.0 Å². The second-order valence-electron chi connectivity index (χ2n) is 6.79. The Morgan fingerprint density at radius 3 is 2.57 bits per heavy atom. The van der Waals surface area contributed by atoms with Crippen molar-refractivity contribution in [2.45, 2.75) is 13.0 Å². The first-order valence-corrected chi connectivity index (χ1v) is 9.52. The minimum absolute atomic E-state index is 0.00994. The molecule has 0 spiro atoms. The SMILES string of the molecule is CC1CN(c2nc(-c3cc(F)c(F)cc3F)c3sc(N(C)C)nc3n2)CCO1. The van der Waals surface area contributed by atoms with Gasteiger partial charge in [0.1, 0.15) is 10.5 Å². The lowest BCUT2D eigenvalue weighted by atomic mass is 10.1. The Kier molecular flexibility index (Phi) is 4.84. The van der Waals surface area contributed by atoms with Gasteiger partial charge in [0.05, 0.1) is 18.4 Å². The highest BCUT2D eigenvalue weighted by molar-refractivity contribution is 7.22. The number of fused-ring (bicyclic) bond motifs is 1. The van der Waals surface area contributed by atoms with Crippen LogP contribution in [0.3, 0.4) is 0 Å². The van der Waals surface area contributed by atoms with Crippen molar-refractivity contribution in [2.24, 2.45) is 0 Å². The number of aromatic nitrogens is 3. The fourth-order valence-electron chi connectivity index (χ4n) is 3.02. The topological polar surface area (TPSA) is 54.4 Å². The molecule has 1 unspecified atom stereocenters. The maximum Gasteiger partial charge on any atom is 0.228 e. The van der Waals surface area contributed by atoms with Crippen LogP contribution in [0, 0.1) is 17.5 Å². The average molecular weight is 409 g/mol. The predicted molar refractivity (Wildman–Crippen MR) is 102 cm³/mol. The summed E-state index contributed by atoms with van der Waals surface area (Å²) >= 11 is 1.27. The molecule has 0 radical (unpaired) electrons. The summed E-state index contributed by atoms with van der Waals surface area (Å²) in [5.41, 5.74) is 0.459. The molecule has 1 aliphatic heterocycles. The number of nitrogens with zero attached hydrogens (tertiary/aromatic N) is 5. The third-order valence-corrected chi connectivity index (χ3v) is 5.62. The van der Waals surface area contributed by atoms with E-state index in [-0.39, 0.29) is 17.4 Å². The Hall–Kier alpha value is -2.46. The highest BCUT2D eigenvalue weighted by atomic mass is 32.1. The molecule has 28 heavy (non-hydrogen) atoms. The number of anilines is 2. The van der Waals surface area contributed by atoms with Gasteiger partial charge in [-0.15, -0.1) is 0 Å². The quantitative estimate of drug-likeness (QED) is 0.618. The minimum Gasteiger partial charge on any atom is -0.375 e. The van der Waals surface area contributed by atoms with E-state index in [0.29, 0.717) is 47.2 Å². The number of ether oxygens (including phenoxy) is 1. The van der Waals surface area contributed by atoms with Crippen molar-refractivity contribution >= 4 is 32.8 Å². The molecule has 10 heteroatoms. The summed E-state index contributed by atoms with van der Waals surface area (Å²) in [6.45, 7) is 3.58. The second kappa shape index (κ2) is 7.17. The van der Waals surface area contributed by atoms with Crippen LogP contribution in [-0.4, -0.2) is 54.8 Å². The van der Waals surface area contributed by atoms with E-state index in [1.807, 2.05) is 25.9 Å². The molecule has 1 aliphatic rings. The second-order valence-corrected chi connectivity index (χ2v) is 7.77. The van der Waals surface area contributed by atoms with E-state index in [9.17, 15) is 13.2 Å². The lowest BCUT2D eigenvalue weighted by Crippen LogP contribution is -2.42. The maximum atomic E-state index is 14.5. The molecule has 148 valence electrons. The van der Waals surface area contributed by atoms with Gasteiger partial charge in [-0.1, -0.05) is 11.3 Å². The molecule has 1 fully saturated rings. The van der Waals surface area contributed by atoms with Gasteiger partial charge in [0.25, 0.3) is 0 Å². The fraction of sp³-hybridized carbons (Fsp3) is 0.389. The van der Waals surface area contributed by atoms with Gasteiger partial charge < -0.3 is 14.5 Å². The van der Waals surface area contributed by atoms with Crippen molar-refractivity contribution in [3.05, 3.63) is 29.6 Å². The van der Waals surface area contributed by atoms with Crippen LogP contribution < -0.4 is 9.80 Å². The molecule has 0 saturated carbocycles. The predicted octanol–water partition coefficient (Wildman–Crippen LogP) is 3.46. The maximum absolute atomic E-state index is 14.5. The molecular weight excluding hydrogens is 391 g/mol. The van der Waals surface area contributed by atoms with Crippen molar-refractivity contribution in [1.82, 2.24) is 15.0 Å². The highest BCUT2D eigenvalue weighted by Gasteiger charge is 2.24. The third-order valence-electron chi connectivity index (χ3n) is 4.40. The van der Waals surface area contributed by atoms with Gasteiger partial charge in [0.2, 0.25) is 5.95 Å². The van der Waals surface area contributed by atoms with Crippen LogP contribution in [-0.2, 0) is 4.74 Å². The van der Waals surface area contributed by atoms with Crippen LogP contribution in [0.5, 0.6) is 0 Å². The molecule has 3 aromatic rings. The van der Waals surface area contributed by atoms with Gasteiger partial charge in [0, 0.05) is 38.8 Å². The van der Waals surface area contributed by atoms with Crippen molar-refractivity contribution in [1.29, 1.82) is 0 Å². The standard InChI is InChI=1S/C18H18F3N5OS/c1-9-8-26(4-5-27-9)17-22-14(10-6-12(20)13(21)7-11(10)19)15-16(23-17)24-18(28-15)25(2)3/h6-7,9H,4-5,8H2,1-3H3. The van der Waals surface area contributed by atoms with Crippen molar-refractivity contribution in [3.63, 3.8) is 0 Å². The van der Waals surface area contributed by atoms with Crippen LogP contribution in [0.25, 0.3) is 21.6 Å². The molecule has 1 aromatic carbocycles. The van der Waals surface area contributed by atoms with E-state index in [0.717, 1.165) is 6.07 Å². The Morgan fingerprint density at radius 2 is 1.86 bits per heavy atom. The Balaban J connectivity index is 1.93. The first-order chi connectivity index (χ1) is 13.3. The van der Waals surface area contributed by atoms with Gasteiger partial charge >= 0.3 is 0 Å². The van der Waals surface area contributed by atoms with Gasteiger partial charge in [0.15, 0.2) is 22.4 Å². The molecule has 0 N–H and O–H groups in total. The molecule has 3 heterocycles. The normalized spacial score (nSPS) is 17.4. The summed E-state index contributed by atoms with van der Waals surface area (Å²) < 4.78 is 47.9. The third kappa shape index (κ3) is 3.37. The molecule has 0 amide bonds. The smallest absolute Gasteiger partial charge is 0.228 e. The van der Waals surface area contributed by atoms with Gasteiger partial charge in [-0.25, -0.2) is 18.2 Å². The summed E-state index contributed by atoms with van der Waals surface area (Å²) in [5, 5.41) is 0.654. The van der Waals surface area contributed by atoms with Gasteiger partial charge in [-0.2, -0.15) is 9.97 Å². The Bertz CT molecular complexity index is 1040. The van der Waals surface area contributed by atoms with Crippen LogP contribution in [0.15, 0.2) is 12.1 Å². The van der Waals surface area contributed by atoms with E-state index in [4.69, 9.17) is 4.74 Å². The summed E-state index contributed by atoms with van der Waals surface area (Å²) in [6.07, 6.45) is -0.00994. The molecule has 6 nitrogen and oxygen atoms in total. The molecular formula is C18H18F3N5OS. The monoisotopic (exact) mass is 409 g/mol. The fourth-order valence-corrected chi connectivity index (χ4v) is 3.95. The molecule has 2 aromatic heterocycles. The number of rotatable bonds is 3. The number of halogens is 3. The van der Waals surface area contributed by atoms with Crippen molar-refractivity contribution in [2.75, 3.05) is 43.6 Å². The van der Waals surface area contributed by atoms with Crippen LogP contribution in [0.4, 0.5) is 24.3 Å². The zero-order chi connectivity index (χ0) is 20.0.